The standard InChI is InChI=1S/C6H6O4/c7-5(8)3-4-1-2-6(9)10-4/h1-2,4H,3H2,(H,7,8)/t4-/m1/s1/i1D,2D,3D,4D/t3-,4+/m0. The van der Waals surface area contributed by atoms with Gasteiger partial charge in [-0.25, -0.2) is 4.79 Å². The molecule has 0 bridgehead atoms. The van der Waals surface area contributed by atoms with E-state index in [1.54, 1.807) is 0 Å². The first kappa shape index (κ1) is 3.18. The minimum atomic E-state index is -2.60. The van der Waals surface area contributed by atoms with Crippen LogP contribution in [0.4, 0.5) is 0 Å². The van der Waals surface area contributed by atoms with Gasteiger partial charge in [0, 0.05) is 7.42 Å². The van der Waals surface area contributed by atoms with Crippen molar-refractivity contribution in [2.45, 2.75) is 12.5 Å². The van der Waals surface area contributed by atoms with Gasteiger partial charge in [-0.2, -0.15) is 0 Å². The Morgan fingerprint density at radius 1 is 2.20 bits per heavy atom. The maximum atomic E-state index is 10.7. The first-order chi connectivity index (χ1) is 6.30. The summed E-state index contributed by atoms with van der Waals surface area (Å²) in [5, 5.41) is 8.43. The summed E-state index contributed by atoms with van der Waals surface area (Å²) in [5.74, 6) is -2.93. The van der Waals surface area contributed by atoms with Gasteiger partial charge in [0.15, 0.2) is 0 Å². The molecule has 0 aromatic carbocycles. The van der Waals surface area contributed by atoms with Crippen molar-refractivity contribution in [3.63, 3.8) is 0 Å². The molecule has 0 amide bonds. The van der Waals surface area contributed by atoms with Crippen LogP contribution in [0.5, 0.6) is 0 Å². The molecule has 1 heterocycles. The Bertz CT molecular complexity index is 339. The largest absolute Gasteiger partial charge is 0.481 e. The molecule has 0 aromatic rings. The van der Waals surface area contributed by atoms with E-state index in [1.807, 2.05) is 0 Å². The molecule has 0 saturated heterocycles. The number of rotatable bonds is 2. The topological polar surface area (TPSA) is 63.6 Å². The summed E-state index contributed by atoms with van der Waals surface area (Å²) < 4.78 is 32.6. The molecule has 0 radical (unpaired) electrons. The van der Waals surface area contributed by atoms with Crippen LogP contribution in [0.1, 0.15) is 11.9 Å². The van der Waals surface area contributed by atoms with E-state index in [0.29, 0.717) is 0 Å². The molecule has 0 unspecified atom stereocenters. The molecule has 54 valence electrons. The fourth-order valence-corrected chi connectivity index (χ4v) is 0.441. The molecule has 1 aliphatic heterocycles. The number of cyclic esters (lactones) is 1. The summed E-state index contributed by atoms with van der Waals surface area (Å²) in [4.78, 5) is 21.1. The third kappa shape index (κ3) is 1.58. The first-order valence-electron chi connectivity index (χ1n) is 4.44. The Balaban J connectivity index is 3.11. The van der Waals surface area contributed by atoms with E-state index in [4.69, 9.17) is 10.6 Å². The Kier molecular flexibility index (Phi) is 0.800. The van der Waals surface area contributed by atoms with Crippen LogP contribution in [0.15, 0.2) is 12.1 Å². The molecule has 0 saturated carbocycles. The highest BCUT2D eigenvalue weighted by atomic mass is 16.5. The number of carbonyl (C=O) groups excluding carboxylic acids is 1. The van der Waals surface area contributed by atoms with Gasteiger partial charge in [0.25, 0.3) is 0 Å². The van der Waals surface area contributed by atoms with E-state index in [0.717, 1.165) is 0 Å². The smallest absolute Gasteiger partial charge is 0.331 e. The molecule has 4 heteroatoms. The first-order valence-corrected chi connectivity index (χ1v) is 2.37. The maximum Gasteiger partial charge on any atom is 0.331 e. The average molecular weight is 146 g/mol. The summed E-state index contributed by atoms with van der Waals surface area (Å²) in [6, 6.07) is -1.77. The number of ether oxygens (including phenoxy) is 1. The lowest BCUT2D eigenvalue weighted by Gasteiger charge is -2.02. The Morgan fingerprint density at radius 3 is 3.30 bits per heavy atom. The molecule has 0 aliphatic carbocycles. The number of esters is 1. The van der Waals surface area contributed by atoms with E-state index < -0.39 is 36.5 Å². The normalized spacial score (nSPS) is 41.0. The van der Waals surface area contributed by atoms with E-state index >= 15 is 0 Å². The van der Waals surface area contributed by atoms with Gasteiger partial charge < -0.3 is 9.84 Å². The number of hydrogen-bond acceptors (Lipinski definition) is 3. The summed E-state index contributed by atoms with van der Waals surface area (Å²) in [5.41, 5.74) is 0. The molecular formula is C6H6O4. The monoisotopic (exact) mass is 146 g/mol. The van der Waals surface area contributed by atoms with Gasteiger partial charge in [-0.05, 0) is 6.05 Å². The summed E-state index contributed by atoms with van der Waals surface area (Å²) >= 11 is 0. The second-order valence-electron chi connectivity index (χ2n) is 1.49. The van der Waals surface area contributed by atoms with Gasteiger partial charge >= 0.3 is 11.9 Å². The van der Waals surface area contributed by atoms with Crippen LogP contribution in [0.3, 0.4) is 0 Å². The molecule has 2 atom stereocenters. The van der Waals surface area contributed by atoms with Gasteiger partial charge in [0.1, 0.15) is 6.08 Å². The molecule has 4 nitrogen and oxygen atoms in total. The summed E-state index contributed by atoms with van der Waals surface area (Å²) in [7, 11) is 0. The SMILES string of the molecule is [2H]C1=C([2H])[C@]([2H])([C@H]([2H])C(=O)O)OC1=O. The van der Waals surface area contributed by atoms with Crippen LogP contribution in [0.2, 0.25) is 0 Å². The van der Waals surface area contributed by atoms with Crippen molar-refractivity contribution in [3.05, 3.63) is 12.1 Å². The fraction of sp³-hybridized carbons (Fsp3) is 0.333. The maximum absolute atomic E-state index is 10.7. The van der Waals surface area contributed by atoms with Crippen molar-refractivity contribution in [2.75, 3.05) is 0 Å². The fourth-order valence-electron chi connectivity index (χ4n) is 0.441. The predicted octanol–water partition coefficient (Wildman–Crippen LogP) is -0.0573. The van der Waals surface area contributed by atoms with Crippen LogP contribution in [-0.2, 0) is 14.3 Å². The van der Waals surface area contributed by atoms with Crippen LogP contribution in [-0.4, -0.2) is 23.1 Å². The average Bonchev–Trinajstić information content (AvgIpc) is 2.30. The lowest BCUT2D eigenvalue weighted by molar-refractivity contribution is -0.144. The molecule has 0 aromatic heterocycles. The highest BCUT2D eigenvalue weighted by Gasteiger charge is 2.18. The van der Waals surface area contributed by atoms with Crippen molar-refractivity contribution in [2.24, 2.45) is 0 Å². The molecule has 0 spiro atoms. The van der Waals surface area contributed by atoms with Gasteiger partial charge in [-0.15, -0.1) is 0 Å². The Morgan fingerprint density at radius 2 is 2.90 bits per heavy atom. The molecular weight excluding hydrogens is 136 g/mol. The van der Waals surface area contributed by atoms with Gasteiger partial charge in [0.2, 0.25) is 0 Å². The van der Waals surface area contributed by atoms with Crippen molar-refractivity contribution in [3.8, 4) is 0 Å². The van der Waals surface area contributed by atoms with Gasteiger partial charge in [-0.3, -0.25) is 4.79 Å². The summed E-state index contributed by atoms with van der Waals surface area (Å²) in [6.45, 7) is 0. The van der Waals surface area contributed by atoms with Crippen molar-refractivity contribution in [1.82, 2.24) is 0 Å². The Hall–Kier alpha value is -1.32. The number of aliphatic carboxylic acids is 1. The predicted molar refractivity (Wildman–Crippen MR) is 31.3 cm³/mol. The molecule has 0 fully saturated rings. The quantitative estimate of drug-likeness (QED) is 0.554. The molecule has 1 aliphatic rings. The zero-order chi connectivity index (χ0) is 11.1. The lowest BCUT2D eigenvalue weighted by Crippen LogP contribution is -2.12. The zero-order valence-corrected chi connectivity index (χ0v) is 4.75. The highest BCUT2D eigenvalue weighted by Crippen LogP contribution is 2.07. The molecule has 1 rings (SSSR count). The second kappa shape index (κ2) is 2.51. The van der Waals surface area contributed by atoms with Crippen LogP contribution in [0.25, 0.3) is 0 Å². The second-order valence-corrected chi connectivity index (χ2v) is 1.49. The van der Waals surface area contributed by atoms with Gasteiger partial charge in [-0.1, -0.05) is 0 Å². The molecule has 10 heavy (non-hydrogen) atoms. The van der Waals surface area contributed by atoms with E-state index in [2.05, 4.69) is 4.74 Å². The number of carboxylic acids is 1. The van der Waals surface area contributed by atoms with E-state index in [-0.39, 0.29) is 0 Å². The number of hydrogen-bond donors (Lipinski definition) is 1. The third-order valence-corrected chi connectivity index (χ3v) is 0.745. The lowest BCUT2D eigenvalue weighted by atomic mass is 10.2. The third-order valence-electron chi connectivity index (χ3n) is 0.745. The number of carbonyl (C=O) groups is 2. The van der Waals surface area contributed by atoms with Crippen LogP contribution >= 0.6 is 0 Å². The number of carboxylic acid groups (broad SMARTS) is 1. The van der Waals surface area contributed by atoms with Crippen molar-refractivity contribution in [1.29, 1.82) is 0 Å². The Labute approximate surface area is 62.7 Å². The summed E-state index contributed by atoms with van der Waals surface area (Å²) in [6.07, 6.45) is -4.72. The zero-order valence-electron chi connectivity index (χ0n) is 8.75. The van der Waals surface area contributed by atoms with E-state index in [9.17, 15) is 9.59 Å². The van der Waals surface area contributed by atoms with Crippen LogP contribution < -0.4 is 0 Å². The van der Waals surface area contributed by atoms with Crippen molar-refractivity contribution >= 4 is 11.9 Å². The minimum absolute atomic E-state index is 0.876. The van der Waals surface area contributed by atoms with Crippen LogP contribution in [0, 0.1) is 0 Å². The van der Waals surface area contributed by atoms with E-state index in [1.165, 1.54) is 0 Å². The van der Waals surface area contributed by atoms with Gasteiger partial charge in [0.05, 0.1) is 10.5 Å². The molecule has 1 N–H and O–H groups in total. The van der Waals surface area contributed by atoms with Crippen molar-refractivity contribution < 1.29 is 24.9 Å². The minimum Gasteiger partial charge on any atom is -0.481 e. The highest BCUT2D eigenvalue weighted by molar-refractivity contribution is 5.85.